The molecule has 0 spiro atoms. The lowest BCUT2D eigenvalue weighted by Crippen LogP contribution is -2.35. The van der Waals surface area contributed by atoms with Crippen LogP contribution < -0.4 is 0 Å². The minimum Gasteiger partial charge on any atom is -0.480 e. The highest BCUT2D eigenvalue weighted by Gasteiger charge is 2.36. The number of likely N-dealkylation sites (tertiary alicyclic amines) is 1. The normalized spacial score (nSPS) is 26.1. The highest BCUT2D eigenvalue weighted by atomic mass is 35.5. The number of aliphatic hydroxyl groups excluding tert-OH is 1. The third-order valence-corrected chi connectivity index (χ3v) is 3.51. The molecule has 0 bridgehead atoms. The van der Waals surface area contributed by atoms with Crippen molar-refractivity contribution in [1.82, 2.24) is 14.5 Å². The van der Waals surface area contributed by atoms with Crippen molar-refractivity contribution in [3.05, 3.63) is 10.0 Å². The van der Waals surface area contributed by atoms with E-state index in [1.807, 2.05) is 0 Å². The fraction of sp³-hybridized carbons (Fsp3) is 0.625. The number of aromatic nitrogens is 2. The predicted molar refractivity (Wildman–Crippen MR) is 57.4 cm³/mol. The van der Waals surface area contributed by atoms with Gasteiger partial charge < -0.3 is 10.2 Å². The van der Waals surface area contributed by atoms with Gasteiger partial charge in [-0.15, -0.1) is 5.10 Å². The molecule has 16 heavy (non-hydrogen) atoms. The zero-order valence-corrected chi connectivity index (χ0v) is 9.78. The Morgan fingerprint density at radius 3 is 3.00 bits per heavy atom. The molecule has 0 amide bonds. The maximum Gasteiger partial charge on any atom is 0.321 e. The van der Waals surface area contributed by atoms with Gasteiger partial charge in [0.25, 0.3) is 0 Å². The van der Waals surface area contributed by atoms with E-state index in [2.05, 4.69) is 9.59 Å². The molecular weight excluding hydrogens is 254 g/mol. The van der Waals surface area contributed by atoms with Crippen molar-refractivity contribution in [1.29, 1.82) is 0 Å². The van der Waals surface area contributed by atoms with E-state index in [0.717, 1.165) is 11.5 Å². The van der Waals surface area contributed by atoms with Crippen LogP contribution in [-0.4, -0.2) is 49.4 Å². The molecule has 1 saturated heterocycles. The van der Waals surface area contributed by atoms with Gasteiger partial charge in [-0.2, -0.15) is 0 Å². The minimum atomic E-state index is -0.934. The van der Waals surface area contributed by atoms with E-state index in [1.54, 1.807) is 4.90 Å². The molecule has 1 aliphatic rings. The largest absolute Gasteiger partial charge is 0.480 e. The Hall–Kier alpha value is -0.760. The molecule has 2 rings (SSSR count). The van der Waals surface area contributed by atoms with Crippen molar-refractivity contribution in [2.75, 3.05) is 6.54 Å². The van der Waals surface area contributed by atoms with Gasteiger partial charge in [0.05, 0.1) is 6.10 Å². The Morgan fingerprint density at radius 2 is 2.44 bits per heavy atom. The molecule has 2 heterocycles. The van der Waals surface area contributed by atoms with E-state index in [1.165, 1.54) is 0 Å². The van der Waals surface area contributed by atoms with Crippen molar-refractivity contribution < 1.29 is 15.0 Å². The first kappa shape index (κ1) is 11.7. The molecule has 2 N–H and O–H groups in total. The van der Waals surface area contributed by atoms with Gasteiger partial charge in [-0.3, -0.25) is 9.69 Å². The van der Waals surface area contributed by atoms with Crippen molar-refractivity contribution in [3.63, 3.8) is 0 Å². The fourth-order valence-electron chi connectivity index (χ4n) is 1.79. The van der Waals surface area contributed by atoms with Crippen molar-refractivity contribution in [2.45, 2.75) is 25.1 Å². The van der Waals surface area contributed by atoms with Crippen LogP contribution in [0.25, 0.3) is 0 Å². The van der Waals surface area contributed by atoms with Gasteiger partial charge in [0.2, 0.25) is 0 Å². The van der Waals surface area contributed by atoms with Crippen LogP contribution in [0.3, 0.4) is 0 Å². The summed E-state index contributed by atoms with van der Waals surface area (Å²) in [6, 6.07) is -0.673. The van der Waals surface area contributed by atoms with E-state index >= 15 is 0 Å². The van der Waals surface area contributed by atoms with Gasteiger partial charge >= 0.3 is 5.97 Å². The lowest BCUT2D eigenvalue weighted by molar-refractivity contribution is -0.142. The zero-order valence-electron chi connectivity index (χ0n) is 8.21. The molecule has 0 aromatic carbocycles. The van der Waals surface area contributed by atoms with E-state index in [0.29, 0.717) is 23.1 Å². The van der Waals surface area contributed by atoms with E-state index in [4.69, 9.17) is 16.7 Å². The van der Waals surface area contributed by atoms with Crippen molar-refractivity contribution in [3.8, 4) is 0 Å². The minimum absolute atomic E-state index is 0.241. The molecule has 8 heteroatoms. The quantitative estimate of drug-likeness (QED) is 0.811. The second-order valence-electron chi connectivity index (χ2n) is 3.67. The highest BCUT2D eigenvalue weighted by Crippen LogP contribution is 2.24. The summed E-state index contributed by atoms with van der Waals surface area (Å²) < 4.78 is 4.14. The monoisotopic (exact) mass is 263 g/mol. The summed E-state index contributed by atoms with van der Waals surface area (Å²) in [5, 5.41) is 22.2. The fourth-order valence-corrected chi connectivity index (χ4v) is 2.41. The number of hydrogen-bond donors (Lipinski definition) is 2. The van der Waals surface area contributed by atoms with Gasteiger partial charge in [-0.1, -0.05) is 16.1 Å². The van der Waals surface area contributed by atoms with Gasteiger partial charge in [-0.05, 0) is 0 Å². The number of carbonyl (C=O) groups is 1. The average Bonchev–Trinajstić information content (AvgIpc) is 2.75. The third-order valence-electron chi connectivity index (χ3n) is 2.53. The number of nitrogens with zero attached hydrogens (tertiary/aromatic N) is 3. The zero-order chi connectivity index (χ0) is 11.7. The van der Waals surface area contributed by atoms with Crippen molar-refractivity contribution >= 4 is 29.1 Å². The van der Waals surface area contributed by atoms with Crippen LogP contribution >= 0.6 is 23.1 Å². The Kier molecular flexibility index (Phi) is 3.38. The molecule has 2 atom stereocenters. The number of rotatable bonds is 3. The maximum absolute atomic E-state index is 11.0. The Bertz CT molecular complexity index is 400. The number of aliphatic carboxylic acids is 1. The molecular formula is C8H10ClN3O3S. The Balaban J connectivity index is 2.09. The Morgan fingerprint density at radius 1 is 1.69 bits per heavy atom. The van der Waals surface area contributed by atoms with Gasteiger partial charge in [0.15, 0.2) is 0 Å². The van der Waals surface area contributed by atoms with Gasteiger partial charge in [-0.25, -0.2) is 0 Å². The van der Waals surface area contributed by atoms with Crippen LogP contribution in [0.2, 0.25) is 4.34 Å². The van der Waals surface area contributed by atoms with E-state index in [-0.39, 0.29) is 6.42 Å². The smallest absolute Gasteiger partial charge is 0.321 e. The molecule has 1 aliphatic heterocycles. The first-order valence-corrected chi connectivity index (χ1v) is 5.84. The topological polar surface area (TPSA) is 86.5 Å². The molecule has 0 radical (unpaired) electrons. The molecule has 2 unspecified atom stereocenters. The number of carboxylic acids is 1. The Labute approximate surface area is 101 Å². The van der Waals surface area contributed by atoms with Crippen molar-refractivity contribution in [2.24, 2.45) is 0 Å². The first-order valence-electron chi connectivity index (χ1n) is 4.69. The molecule has 6 nitrogen and oxygen atoms in total. The van der Waals surface area contributed by atoms with Crippen LogP contribution in [0.15, 0.2) is 0 Å². The summed E-state index contributed by atoms with van der Waals surface area (Å²) in [6.45, 7) is 0.633. The standard InChI is InChI=1S/C8H10ClN3O3S/c9-7-5(10-11-16-7)3-12-2-4(13)1-6(12)8(14)15/h4,6,13H,1-3H2,(H,14,15). The summed E-state index contributed by atoms with van der Waals surface area (Å²) in [5.41, 5.74) is 0.562. The van der Waals surface area contributed by atoms with Crippen LogP contribution in [0.1, 0.15) is 12.1 Å². The number of aliphatic hydroxyl groups is 1. The van der Waals surface area contributed by atoms with Gasteiger partial charge in [0.1, 0.15) is 16.1 Å². The average molecular weight is 264 g/mol. The van der Waals surface area contributed by atoms with Gasteiger partial charge in [0, 0.05) is 31.0 Å². The second kappa shape index (κ2) is 4.62. The summed E-state index contributed by atoms with van der Waals surface area (Å²) in [6.07, 6.45) is -0.365. The summed E-state index contributed by atoms with van der Waals surface area (Å²) in [5.74, 6) is -0.934. The summed E-state index contributed by atoms with van der Waals surface area (Å²) in [4.78, 5) is 12.6. The van der Waals surface area contributed by atoms with E-state index in [9.17, 15) is 9.90 Å². The van der Waals surface area contributed by atoms with E-state index < -0.39 is 18.1 Å². The molecule has 1 aromatic rings. The first-order chi connectivity index (χ1) is 7.58. The molecule has 88 valence electrons. The number of halogens is 1. The lowest BCUT2D eigenvalue weighted by atomic mass is 10.2. The highest BCUT2D eigenvalue weighted by molar-refractivity contribution is 7.10. The van der Waals surface area contributed by atoms with Crippen LogP contribution in [-0.2, 0) is 11.3 Å². The number of carboxylic acid groups (broad SMARTS) is 1. The maximum atomic E-state index is 11.0. The second-order valence-corrected chi connectivity index (χ2v) is 5.02. The lowest BCUT2D eigenvalue weighted by Gasteiger charge is -2.19. The molecule has 1 aromatic heterocycles. The molecule has 0 aliphatic carbocycles. The SMILES string of the molecule is O=C(O)C1CC(O)CN1Cc1nnsc1Cl. The van der Waals surface area contributed by atoms with Crippen LogP contribution in [0, 0.1) is 0 Å². The number of β-amino-alcohol motifs (C(OH)–C–C–N with tert-alkyl or cyclic N) is 1. The van der Waals surface area contributed by atoms with Crippen LogP contribution in [0.4, 0.5) is 0 Å². The predicted octanol–water partition coefficient (Wildman–Crippen LogP) is 0.211. The summed E-state index contributed by atoms with van der Waals surface area (Å²) >= 11 is 6.90. The molecule has 0 saturated carbocycles. The summed E-state index contributed by atoms with van der Waals surface area (Å²) in [7, 11) is 0. The third kappa shape index (κ3) is 2.32. The van der Waals surface area contributed by atoms with Crippen LogP contribution in [0.5, 0.6) is 0 Å². The molecule has 1 fully saturated rings. The number of hydrogen-bond acceptors (Lipinski definition) is 6.